The summed E-state index contributed by atoms with van der Waals surface area (Å²) in [5.41, 5.74) is 0. The first-order valence-corrected chi connectivity index (χ1v) is 4.41. The third kappa shape index (κ3) is 1.57. The van der Waals surface area contributed by atoms with Crippen molar-refractivity contribution in [2.75, 3.05) is 5.32 Å². The number of nitrogens with zero attached hydrogens (tertiary/aromatic N) is 2. The van der Waals surface area contributed by atoms with Gasteiger partial charge in [0.15, 0.2) is 5.13 Å². The van der Waals surface area contributed by atoms with E-state index in [-0.39, 0.29) is 0 Å². The largest absolute Gasteiger partial charge is 0.331 e. The van der Waals surface area contributed by atoms with E-state index in [1.54, 1.807) is 18.7 Å². The average molecular weight is 201 g/mol. The van der Waals surface area contributed by atoms with Gasteiger partial charge in [-0.2, -0.15) is 0 Å². The van der Waals surface area contributed by atoms with Crippen LogP contribution in [-0.2, 0) is 0 Å². The van der Waals surface area contributed by atoms with Crippen molar-refractivity contribution in [1.29, 1.82) is 0 Å². The van der Waals surface area contributed by atoms with E-state index in [2.05, 4.69) is 20.3 Å². The van der Waals surface area contributed by atoms with Gasteiger partial charge in [0.2, 0.25) is 0 Å². The molecule has 0 amide bonds. The highest BCUT2D eigenvalue weighted by molar-refractivity contribution is 7.19. The fourth-order valence-electron chi connectivity index (χ4n) is 0.752. The summed E-state index contributed by atoms with van der Waals surface area (Å²) in [5.74, 6) is 0.806. The Kier molecular flexibility index (Phi) is 1.97. The summed E-state index contributed by atoms with van der Waals surface area (Å²) >= 11 is 7.07. The summed E-state index contributed by atoms with van der Waals surface area (Å²) in [7, 11) is 0. The van der Waals surface area contributed by atoms with Crippen molar-refractivity contribution < 1.29 is 0 Å². The van der Waals surface area contributed by atoms with Crippen molar-refractivity contribution in [2.24, 2.45) is 0 Å². The number of hydrogen-bond acceptors (Lipinski definition) is 4. The number of imidazole rings is 1. The van der Waals surface area contributed by atoms with Gasteiger partial charge < -0.3 is 10.3 Å². The predicted molar refractivity (Wildman–Crippen MR) is 49.0 cm³/mol. The number of H-pyrrole nitrogens is 1. The van der Waals surface area contributed by atoms with Gasteiger partial charge in [0.25, 0.3) is 0 Å². The highest BCUT2D eigenvalue weighted by Gasteiger charge is 1.99. The van der Waals surface area contributed by atoms with E-state index in [1.165, 1.54) is 11.3 Å². The molecule has 6 heteroatoms. The SMILES string of the molecule is Clc1cnc(Nc2cnc[nH]2)s1. The molecular formula is C6H5ClN4S. The molecule has 2 aromatic rings. The second-order valence-corrected chi connectivity index (χ2v) is 3.72. The van der Waals surface area contributed by atoms with Crippen LogP contribution in [0, 0.1) is 0 Å². The fraction of sp³-hybridized carbons (Fsp3) is 0. The molecule has 0 saturated carbocycles. The number of anilines is 2. The summed E-state index contributed by atoms with van der Waals surface area (Å²) < 4.78 is 0.664. The van der Waals surface area contributed by atoms with Gasteiger partial charge in [-0.1, -0.05) is 22.9 Å². The highest BCUT2D eigenvalue weighted by Crippen LogP contribution is 2.24. The molecule has 2 N–H and O–H groups in total. The van der Waals surface area contributed by atoms with Crippen molar-refractivity contribution in [2.45, 2.75) is 0 Å². The van der Waals surface area contributed by atoms with Crippen LogP contribution in [0.5, 0.6) is 0 Å². The molecule has 0 unspecified atom stereocenters. The summed E-state index contributed by atoms with van der Waals surface area (Å²) in [6.07, 6.45) is 4.87. The minimum absolute atomic E-state index is 0.664. The van der Waals surface area contributed by atoms with Crippen molar-refractivity contribution in [3.05, 3.63) is 23.1 Å². The Morgan fingerprint density at radius 3 is 3.00 bits per heavy atom. The lowest BCUT2D eigenvalue weighted by Gasteiger charge is -1.94. The minimum atomic E-state index is 0.664. The molecule has 2 rings (SSSR count). The molecule has 12 heavy (non-hydrogen) atoms. The van der Waals surface area contributed by atoms with Crippen molar-refractivity contribution in [3.8, 4) is 0 Å². The zero-order chi connectivity index (χ0) is 8.39. The Balaban J connectivity index is 2.14. The maximum atomic E-state index is 5.69. The zero-order valence-electron chi connectivity index (χ0n) is 5.91. The maximum Gasteiger partial charge on any atom is 0.189 e. The quantitative estimate of drug-likeness (QED) is 0.782. The first-order valence-electron chi connectivity index (χ1n) is 3.21. The molecule has 0 aliphatic heterocycles. The van der Waals surface area contributed by atoms with E-state index < -0.39 is 0 Å². The van der Waals surface area contributed by atoms with Gasteiger partial charge >= 0.3 is 0 Å². The Labute approximate surface area is 77.6 Å². The summed E-state index contributed by atoms with van der Waals surface area (Å²) in [6.45, 7) is 0. The molecular weight excluding hydrogens is 196 g/mol. The molecule has 0 fully saturated rings. The molecule has 0 atom stereocenters. The molecule has 0 aliphatic rings. The van der Waals surface area contributed by atoms with Gasteiger partial charge in [-0.3, -0.25) is 0 Å². The molecule has 2 heterocycles. The molecule has 4 nitrogen and oxygen atoms in total. The van der Waals surface area contributed by atoms with E-state index in [9.17, 15) is 0 Å². The molecule has 2 aromatic heterocycles. The Hall–Kier alpha value is -1.07. The number of rotatable bonds is 2. The van der Waals surface area contributed by atoms with Gasteiger partial charge in [0, 0.05) is 0 Å². The summed E-state index contributed by atoms with van der Waals surface area (Å²) in [6, 6.07) is 0. The van der Waals surface area contributed by atoms with Gasteiger partial charge in [-0.15, -0.1) is 0 Å². The second-order valence-electron chi connectivity index (χ2n) is 2.06. The van der Waals surface area contributed by atoms with Crippen LogP contribution in [0.4, 0.5) is 10.9 Å². The van der Waals surface area contributed by atoms with E-state index in [4.69, 9.17) is 11.6 Å². The number of aromatic amines is 1. The zero-order valence-corrected chi connectivity index (χ0v) is 7.49. The molecule has 0 bridgehead atoms. The number of aromatic nitrogens is 3. The fourth-order valence-corrected chi connectivity index (χ4v) is 1.58. The van der Waals surface area contributed by atoms with Crippen molar-refractivity contribution in [3.63, 3.8) is 0 Å². The minimum Gasteiger partial charge on any atom is -0.331 e. The lowest BCUT2D eigenvalue weighted by Crippen LogP contribution is -1.87. The van der Waals surface area contributed by atoms with Gasteiger partial charge in [0.1, 0.15) is 10.2 Å². The normalized spacial score (nSPS) is 10.1. The topological polar surface area (TPSA) is 53.6 Å². The van der Waals surface area contributed by atoms with Crippen LogP contribution in [-0.4, -0.2) is 15.0 Å². The van der Waals surface area contributed by atoms with E-state index >= 15 is 0 Å². The first kappa shape index (κ1) is 7.57. The van der Waals surface area contributed by atoms with Crippen molar-refractivity contribution >= 4 is 33.9 Å². The number of thiazole rings is 1. The van der Waals surface area contributed by atoms with Crippen LogP contribution in [0.25, 0.3) is 0 Å². The van der Waals surface area contributed by atoms with Crippen LogP contribution in [0.1, 0.15) is 0 Å². The lowest BCUT2D eigenvalue weighted by atomic mass is 10.7. The predicted octanol–water partition coefficient (Wildman–Crippen LogP) is 2.26. The van der Waals surface area contributed by atoms with Gasteiger partial charge in [0.05, 0.1) is 18.7 Å². The Morgan fingerprint density at radius 1 is 1.50 bits per heavy atom. The molecule has 0 aliphatic carbocycles. The van der Waals surface area contributed by atoms with Crippen LogP contribution >= 0.6 is 22.9 Å². The number of hydrogen-bond donors (Lipinski definition) is 2. The standard InChI is InChI=1S/C6H5ClN4S/c7-4-1-9-6(12-4)11-5-2-8-3-10-5/h1-3H,(H,8,10)(H,9,11). The van der Waals surface area contributed by atoms with E-state index in [0.29, 0.717) is 4.34 Å². The first-order chi connectivity index (χ1) is 5.84. The van der Waals surface area contributed by atoms with Crippen molar-refractivity contribution in [1.82, 2.24) is 15.0 Å². The maximum absolute atomic E-state index is 5.69. The molecule has 0 radical (unpaired) electrons. The summed E-state index contributed by atoms with van der Waals surface area (Å²) in [4.78, 5) is 10.8. The summed E-state index contributed by atoms with van der Waals surface area (Å²) in [5, 5.41) is 3.76. The number of nitrogens with one attached hydrogen (secondary N) is 2. The smallest absolute Gasteiger partial charge is 0.189 e. The van der Waals surface area contributed by atoms with Crippen LogP contribution in [0.15, 0.2) is 18.7 Å². The second kappa shape index (κ2) is 3.12. The van der Waals surface area contributed by atoms with Crippen LogP contribution in [0.2, 0.25) is 4.34 Å². The molecule has 0 spiro atoms. The third-order valence-corrected chi connectivity index (χ3v) is 2.25. The van der Waals surface area contributed by atoms with Gasteiger partial charge in [-0.05, 0) is 0 Å². The molecule has 0 aromatic carbocycles. The average Bonchev–Trinajstić information content (AvgIpc) is 2.63. The Morgan fingerprint density at radius 2 is 2.42 bits per heavy atom. The van der Waals surface area contributed by atoms with Crippen LogP contribution in [0.3, 0.4) is 0 Å². The third-order valence-electron chi connectivity index (χ3n) is 1.22. The highest BCUT2D eigenvalue weighted by atomic mass is 35.5. The molecule has 0 saturated heterocycles. The lowest BCUT2D eigenvalue weighted by molar-refractivity contribution is 1.30. The Bertz CT molecular complexity index is 355. The van der Waals surface area contributed by atoms with Crippen LogP contribution < -0.4 is 5.32 Å². The van der Waals surface area contributed by atoms with E-state index in [1.807, 2.05) is 0 Å². The number of halogens is 1. The van der Waals surface area contributed by atoms with Gasteiger partial charge in [-0.25, -0.2) is 9.97 Å². The van der Waals surface area contributed by atoms with E-state index in [0.717, 1.165) is 10.9 Å². The monoisotopic (exact) mass is 200 g/mol. The molecule has 62 valence electrons.